The fourth-order valence-corrected chi connectivity index (χ4v) is 11.3. The van der Waals surface area contributed by atoms with Crippen LogP contribution in [0.1, 0.15) is 361 Å². The lowest BCUT2D eigenvalue weighted by Crippen LogP contribution is -2.40. The second-order valence-corrected chi connectivity index (χ2v) is 27.3. The number of carboxylic acids is 1. The minimum Gasteiger partial charge on any atom is -0.477 e. The van der Waals surface area contributed by atoms with E-state index in [0.717, 1.165) is 83.5 Å². The number of allylic oxidation sites excluding steroid dienone is 14. The summed E-state index contributed by atoms with van der Waals surface area (Å²) in [6.07, 6.45) is 95.8. The molecule has 0 spiro atoms. The third kappa shape index (κ3) is 73.7. The first kappa shape index (κ1) is 87.5. The van der Waals surface area contributed by atoms with Crippen molar-refractivity contribution in [1.82, 2.24) is 0 Å². The number of esters is 2. The zero-order valence-corrected chi connectivity index (χ0v) is 60.5. The third-order valence-electron chi connectivity index (χ3n) is 17.2. The van der Waals surface area contributed by atoms with Crippen molar-refractivity contribution in [3.8, 4) is 0 Å². The van der Waals surface area contributed by atoms with Gasteiger partial charge in [-0.3, -0.25) is 9.59 Å². The van der Waals surface area contributed by atoms with E-state index in [1.54, 1.807) is 0 Å². The van der Waals surface area contributed by atoms with Gasteiger partial charge in [0.25, 0.3) is 6.29 Å². The highest BCUT2D eigenvalue weighted by Gasteiger charge is 2.25. The molecule has 0 aromatic carbocycles. The first-order valence-corrected chi connectivity index (χ1v) is 38.8. The molecule has 0 radical (unpaired) electrons. The Labute approximate surface area is 563 Å². The third-order valence-corrected chi connectivity index (χ3v) is 17.2. The van der Waals surface area contributed by atoms with Crippen LogP contribution in [0.2, 0.25) is 0 Å². The summed E-state index contributed by atoms with van der Waals surface area (Å²) in [5.74, 6) is -1.98. The van der Waals surface area contributed by atoms with Gasteiger partial charge in [0.05, 0.1) is 34.4 Å². The Kier molecular flexibility index (Phi) is 69.5. The Morgan fingerprint density at radius 3 is 0.934 bits per heavy atom. The molecule has 0 bridgehead atoms. The largest absolute Gasteiger partial charge is 0.477 e. The Hall–Kier alpha value is -3.53. The highest BCUT2D eigenvalue weighted by atomic mass is 16.7. The van der Waals surface area contributed by atoms with Crippen molar-refractivity contribution < 1.29 is 42.9 Å². The maximum absolute atomic E-state index is 13.0. The Morgan fingerprint density at radius 1 is 0.341 bits per heavy atom. The molecule has 9 nitrogen and oxygen atoms in total. The zero-order valence-electron chi connectivity index (χ0n) is 60.5. The number of carbonyl (C=O) groups is 3. The summed E-state index contributed by atoms with van der Waals surface area (Å²) in [4.78, 5) is 37.7. The van der Waals surface area contributed by atoms with Crippen LogP contribution in [-0.2, 0) is 33.3 Å². The Morgan fingerprint density at radius 2 is 0.626 bits per heavy atom. The van der Waals surface area contributed by atoms with Crippen LogP contribution in [0.15, 0.2) is 85.1 Å². The van der Waals surface area contributed by atoms with Crippen LogP contribution in [0.4, 0.5) is 0 Å². The summed E-state index contributed by atoms with van der Waals surface area (Å²) in [5.41, 5.74) is 0. The molecule has 91 heavy (non-hydrogen) atoms. The first-order valence-electron chi connectivity index (χ1n) is 38.8. The molecular weight excluding hydrogens is 1130 g/mol. The van der Waals surface area contributed by atoms with E-state index in [4.69, 9.17) is 18.9 Å². The fourth-order valence-electron chi connectivity index (χ4n) is 11.3. The van der Waals surface area contributed by atoms with Crippen LogP contribution in [0.5, 0.6) is 0 Å². The number of unbranched alkanes of at least 4 members (excludes halogenated alkanes) is 43. The number of likely N-dealkylation sites (N-methyl/N-ethyl adjacent to an activating group) is 1. The number of carboxylic acid groups (broad SMARTS) is 1. The number of nitrogens with zero attached hydrogens (tertiary/aromatic N) is 1. The van der Waals surface area contributed by atoms with Crippen LogP contribution in [0.25, 0.3) is 0 Å². The van der Waals surface area contributed by atoms with Gasteiger partial charge in [-0.25, -0.2) is 4.79 Å². The van der Waals surface area contributed by atoms with Crippen LogP contribution >= 0.6 is 0 Å². The summed E-state index contributed by atoms with van der Waals surface area (Å²) in [6, 6.07) is 0. The Balaban J connectivity index is 4.02. The predicted molar refractivity (Wildman–Crippen MR) is 392 cm³/mol. The smallest absolute Gasteiger partial charge is 0.361 e. The van der Waals surface area contributed by atoms with Crippen molar-refractivity contribution >= 4 is 17.9 Å². The van der Waals surface area contributed by atoms with Crippen LogP contribution in [0.3, 0.4) is 0 Å². The van der Waals surface area contributed by atoms with Gasteiger partial charge >= 0.3 is 17.9 Å². The van der Waals surface area contributed by atoms with Crippen LogP contribution < -0.4 is 0 Å². The van der Waals surface area contributed by atoms with Crippen LogP contribution in [-0.4, -0.2) is 87.4 Å². The zero-order chi connectivity index (χ0) is 66.1. The minimum absolute atomic E-state index is 0.178. The molecule has 0 aromatic heterocycles. The minimum atomic E-state index is -1.51. The second kappa shape index (κ2) is 72.3. The van der Waals surface area contributed by atoms with Crippen molar-refractivity contribution in [3.05, 3.63) is 85.1 Å². The van der Waals surface area contributed by atoms with E-state index in [2.05, 4.69) is 98.9 Å². The molecule has 0 amide bonds. The van der Waals surface area contributed by atoms with Crippen molar-refractivity contribution in [3.63, 3.8) is 0 Å². The lowest BCUT2D eigenvalue weighted by Gasteiger charge is -2.25. The van der Waals surface area contributed by atoms with E-state index in [-0.39, 0.29) is 38.2 Å². The van der Waals surface area contributed by atoms with Gasteiger partial charge in [0.1, 0.15) is 13.2 Å². The maximum atomic E-state index is 13.0. The number of quaternary nitrogens is 1. The Bertz CT molecular complexity index is 1770. The average molecular weight is 1280 g/mol. The maximum Gasteiger partial charge on any atom is 0.361 e. The molecule has 0 aliphatic rings. The molecule has 0 aliphatic carbocycles. The van der Waals surface area contributed by atoms with Gasteiger partial charge in [-0.2, -0.15) is 0 Å². The summed E-state index contributed by atoms with van der Waals surface area (Å²) in [7, 11) is 5.99. The van der Waals surface area contributed by atoms with E-state index in [1.807, 2.05) is 21.1 Å². The monoisotopic (exact) mass is 1280 g/mol. The van der Waals surface area contributed by atoms with E-state index in [0.29, 0.717) is 17.4 Å². The molecule has 1 N–H and O–H groups in total. The highest BCUT2D eigenvalue weighted by molar-refractivity contribution is 5.71. The van der Waals surface area contributed by atoms with Gasteiger partial charge in [0.15, 0.2) is 6.10 Å². The standard InChI is InChI=1S/C82H147NO8/c1-6-8-10-12-14-16-18-20-22-24-26-28-30-32-34-35-36-37-38-39-40-41-42-43-44-45-47-49-51-53-55-57-59-61-63-65-67-69-71-73-80(85)91-78(77-90-82(81(86)87)88-75-74-83(3,4)5)76-89-79(84)72-70-68-66-64-62-60-58-56-54-52-50-48-46-33-31-29-27-25-23-21-19-17-15-13-11-9-7-2/h8,10,14,16,20,22,26,28,32,34,36-37,39-40,78,82H,6-7,9,11-13,15,17-19,21,23-25,27,29-31,33,35,38,41-77H2,1-5H3/p+1/b10-8-,16-14-,22-20-,28-26-,34-32-,37-36-,40-39-. The molecule has 2 unspecified atom stereocenters. The van der Waals surface area contributed by atoms with Crippen molar-refractivity contribution in [2.75, 3.05) is 47.5 Å². The summed E-state index contributed by atoms with van der Waals surface area (Å²) < 4.78 is 23.0. The highest BCUT2D eigenvalue weighted by Crippen LogP contribution is 2.19. The number of hydrogen-bond acceptors (Lipinski definition) is 7. The van der Waals surface area contributed by atoms with E-state index >= 15 is 0 Å². The lowest BCUT2D eigenvalue weighted by atomic mass is 10.0. The second-order valence-electron chi connectivity index (χ2n) is 27.3. The van der Waals surface area contributed by atoms with Crippen molar-refractivity contribution in [1.29, 1.82) is 0 Å². The molecule has 0 fully saturated rings. The number of hydrogen-bond donors (Lipinski definition) is 1. The number of rotatable bonds is 72. The van der Waals surface area contributed by atoms with Gasteiger partial charge < -0.3 is 28.5 Å². The van der Waals surface area contributed by atoms with Gasteiger partial charge in [-0.05, 0) is 70.6 Å². The number of aliphatic carboxylic acids is 1. The van der Waals surface area contributed by atoms with Gasteiger partial charge in [-0.15, -0.1) is 0 Å². The molecule has 0 saturated carbocycles. The van der Waals surface area contributed by atoms with Gasteiger partial charge in [0, 0.05) is 12.8 Å². The average Bonchev–Trinajstić information content (AvgIpc) is 3.46. The quantitative estimate of drug-likeness (QED) is 0.0211. The van der Waals surface area contributed by atoms with E-state index in [9.17, 15) is 19.5 Å². The molecule has 0 saturated heterocycles. The predicted octanol–water partition coefficient (Wildman–Crippen LogP) is 24.6. The van der Waals surface area contributed by atoms with Gasteiger partial charge in [-0.1, -0.05) is 362 Å². The van der Waals surface area contributed by atoms with Crippen LogP contribution in [0, 0.1) is 0 Å². The lowest BCUT2D eigenvalue weighted by molar-refractivity contribution is -0.870. The molecule has 0 aromatic rings. The molecule has 2 atom stereocenters. The molecule has 9 heteroatoms. The molecular formula is C82H148NO8+. The van der Waals surface area contributed by atoms with Gasteiger partial charge in [0.2, 0.25) is 0 Å². The summed E-state index contributed by atoms with van der Waals surface area (Å²) in [6.45, 7) is 4.82. The van der Waals surface area contributed by atoms with E-state index in [1.165, 1.54) is 250 Å². The van der Waals surface area contributed by atoms with E-state index < -0.39 is 18.4 Å². The first-order chi connectivity index (χ1) is 44.6. The molecule has 528 valence electrons. The normalized spacial score (nSPS) is 13.1. The summed E-state index contributed by atoms with van der Waals surface area (Å²) >= 11 is 0. The summed E-state index contributed by atoms with van der Waals surface area (Å²) in [5, 5.41) is 9.77. The SMILES string of the molecule is CC/C=C\C/C=C\C/C=C\C/C=C\C/C=C\C/C=C\C/C=C\CCCCCCCCCCCCCCCCCCCC(=O)OC(COC(=O)CCCCCCCCCCCCCCCCCCCCCCCCCCCCC)COC(OCC[N+](C)(C)C)C(=O)O. The molecule has 0 aliphatic heterocycles. The van der Waals surface area contributed by atoms with Crippen molar-refractivity contribution in [2.45, 2.75) is 373 Å². The number of carbonyl (C=O) groups excluding carboxylic acids is 2. The number of ether oxygens (including phenoxy) is 4. The molecule has 0 heterocycles. The van der Waals surface area contributed by atoms with Crippen molar-refractivity contribution in [2.24, 2.45) is 0 Å². The molecule has 0 rings (SSSR count). The fraction of sp³-hybridized carbons (Fsp3) is 0.793. The topological polar surface area (TPSA) is 108 Å².